The minimum Gasteiger partial charge on any atom is -0.496 e. The second-order valence-corrected chi connectivity index (χ2v) is 8.25. The van der Waals surface area contributed by atoms with Gasteiger partial charge in [-0.25, -0.2) is 0 Å². The molecule has 4 aliphatic rings. The van der Waals surface area contributed by atoms with Gasteiger partial charge in [-0.2, -0.15) is 0 Å². The number of likely N-dealkylation sites (tertiary alicyclic amines) is 1. The number of nitrogens with one attached hydrogen (secondary N) is 1. The van der Waals surface area contributed by atoms with Gasteiger partial charge in [-0.1, -0.05) is 18.2 Å². The van der Waals surface area contributed by atoms with Crippen LogP contribution in [0.1, 0.15) is 40.4 Å². The van der Waals surface area contributed by atoms with Crippen molar-refractivity contribution in [3.63, 3.8) is 0 Å². The summed E-state index contributed by atoms with van der Waals surface area (Å²) in [4.78, 5) is 21.3. The Kier molecular flexibility index (Phi) is 4.01. The maximum atomic E-state index is 13.4. The van der Waals surface area contributed by atoms with E-state index in [1.54, 1.807) is 7.11 Å². The van der Waals surface area contributed by atoms with Crippen molar-refractivity contribution in [1.29, 1.82) is 0 Å². The lowest BCUT2D eigenvalue weighted by Gasteiger charge is -2.51. The average molecular weight is 365 g/mol. The van der Waals surface area contributed by atoms with E-state index in [0.29, 0.717) is 29.6 Å². The van der Waals surface area contributed by atoms with E-state index in [1.807, 2.05) is 31.3 Å². The van der Waals surface area contributed by atoms with Crippen LogP contribution in [0.15, 0.2) is 36.5 Å². The first-order valence-electron chi connectivity index (χ1n) is 10.0. The van der Waals surface area contributed by atoms with Gasteiger partial charge in [0.2, 0.25) is 0 Å². The van der Waals surface area contributed by atoms with Crippen LogP contribution in [0.3, 0.4) is 0 Å². The Bertz CT molecular complexity index is 853. The smallest absolute Gasteiger partial charge is 0.270 e. The summed E-state index contributed by atoms with van der Waals surface area (Å²) < 4.78 is 5.67. The van der Waals surface area contributed by atoms with E-state index in [-0.39, 0.29) is 5.91 Å². The average Bonchev–Trinajstić information content (AvgIpc) is 3.33. The molecule has 1 aromatic carbocycles. The minimum absolute atomic E-state index is 0.143. The number of carbonyl (C=O) groups is 1. The lowest BCUT2D eigenvalue weighted by atomic mass is 9.75. The Labute approximate surface area is 160 Å². The van der Waals surface area contributed by atoms with Gasteiger partial charge in [0.25, 0.3) is 5.91 Å². The number of hydrogen-bond acceptors (Lipinski definition) is 3. The number of amides is 1. The first-order valence-corrected chi connectivity index (χ1v) is 10.0. The first kappa shape index (κ1) is 16.9. The van der Waals surface area contributed by atoms with Crippen molar-refractivity contribution in [3.8, 4) is 5.75 Å². The zero-order chi connectivity index (χ0) is 18.5. The molecule has 1 aromatic heterocycles. The number of H-pyrrole nitrogens is 1. The molecule has 1 N–H and O–H groups in total. The highest BCUT2D eigenvalue weighted by atomic mass is 16.5. The van der Waals surface area contributed by atoms with E-state index in [1.165, 1.54) is 18.4 Å². The second kappa shape index (κ2) is 6.41. The third kappa shape index (κ3) is 2.59. The number of aryl methyl sites for hydroxylation is 1. The predicted molar refractivity (Wildman–Crippen MR) is 104 cm³/mol. The summed E-state index contributed by atoms with van der Waals surface area (Å²) in [5.74, 6) is 1.99. The van der Waals surface area contributed by atoms with Gasteiger partial charge in [0.05, 0.1) is 13.2 Å². The van der Waals surface area contributed by atoms with Gasteiger partial charge >= 0.3 is 0 Å². The number of nitrogens with zero attached hydrogens (tertiary/aromatic N) is 2. The number of para-hydroxylation sites is 1. The van der Waals surface area contributed by atoms with Gasteiger partial charge in [0, 0.05) is 30.3 Å². The number of benzene rings is 1. The molecule has 4 aliphatic heterocycles. The molecular formula is C22H27N3O2. The molecule has 1 amide bonds. The van der Waals surface area contributed by atoms with E-state index in [2.05, 4.69) is 26.9 Å². The molecule has 0 aliphatic carbocycles. The minimum atomic E-state index is 0.143. The standard InChI is InChI=1S/C22H27N3O2/c1-14-11-18(23-12-14)22(26)25-13-17(16-5-3-4-6-19(16)27-2)21-20(25)15-7-9-24(21)10-8-15/h3-6,11-12,15,17,20-21,23H,7-10,13H2,1-2H3/t17-,20-,21-/m1/s1. The number of fused-ring (bicyclic) bond motifs is 2. The zero-order valence-corrected chi connectivity index (χ0v) is 16.0. The molecular weight excluding hydrogens is 338 g/mol. The predicted octanol–water partition coefficient (Wildman–Crippen LogP) is 3.03. The summed E-state index contributed by atoms with van der Waals surface area (Å²) in [5.41, 5.74) is 3.05. The monoisotopic (exact) mass is 365 g/mol. The Morgan fingerprint density at radius 3 is 2.67 bits per heavy atom. The molecule has 5 heteroatoms. The van der Waals surface area contributed by atoms with Crippen molar-refractivity contribution in [1.82, 2.24) is 14.8 Å². The molecule has 2 aromatic rings. The number of ether oxygens (including phenoxy) is 1. The zero-order valence-electron chi connectivity index (χ0n) is 16.0. The van der Waals surface area contributed by atoms with Crippen molar-refractivity contribution in [2.45, 2.75) is 37.8 Å². The van der Waals surface area contributed by atoms with Crippen LogP contribution in [0.5, 0.6) is 5.75 Å². The van der Waals surface area contributed by atoms with Crippen LogP contribution in [0.2, 0.25) is 0 Å². The number of aromatic amines is 1. The van der Waals surface area contributed by atoms with Gasteiger partial charge in [0.15, 0.2) is 0 Å². The van der Waals surface area contributed by atoms with Crippen molar-refractivity contribution in [2.24, 2.45) is 5.92 Å². The molecule has 6 rings (SSSR count). The van der Waals surface area contributed by atoms with Gasteiger partial charge in [-0.3, -0.25) is 9.69 Å². The van der Waals surface area contributed by atoms with Crippen LogP contribution >= 0.6 is 0 Å². The summed E-state index contributed by atoms with van der Waals surface area (Å²) in [5, 5.41) is 0. The second-order valence-electron chi connectivity index (χ2n) is 8.25. The van der Waals surface area contributed by atoms with Gasteiger partial charge in [-0.15, -0.1) is 0 Å². The number of methoxy groups -OCH3 is 1. The highest BCUT2D eigenvalue weighted by molar-refractivity contribution is 5.93. The van der Waals surface area contributed by atoms with Crippen molar-refractivity contribution < 1.29 is 9.53 Å². The fourth-order valence-electron chi connectivity index (χ4n) is 5.68. The number of piperidine rings is 3. The van der Waals surface area contributed by atoms with Crippen LogP contribution in [0.25, 0.3) is 0 Å². The van der Waals surface area contributed by atoms with E-state index >= 15 is 0 Å². The fraction of sp³-hybridized carbons (Fsp3) is 0.500. The molecule has 0 unspecified atom stereocenters. The van der Waals surface area contributed by atoms with Crippen LogP contribution < -0.4 is 4.74 Å². The van der Waals surface area contributed by atoms with Gasteiger partial charge in [-0.05, 0) is 56.5 Å². The molecule has 2 bridgehead atoms. The quantitative estimate of drug-likeness (QED) is 0.910. The first-order chi connectivity index (χ1) is 13.2. The van der Waals surface area contributed by atoms with Gasteiger partial charge < -0.3 is 14.6 Å². The SMILES string of the molecule is COc1ccccc1[C@H]1CN(C(=O)c2cc(C)c[nH]2)[C@@H]2C3CCN(CC3)[C@H]12. The molecule has 3 atom stereocenters. The fourth-order valence-corrected chi connectivity index (χ4v) is 5.68. The van der Waals surface area contributed by atoms with Gasteiger partial charge in [0.1, 0.15) is 11.4 Å². The molecule has 5 heterocycles. The Morgan fingerprint density at radius 2 is 1.96 bits per heavy atom. The Hall–Kier alpha value is -2.27. The Morgan fingerprint density at radius 1 is 1.19 bits per heavy atom. The van der Waals surface area contributed by atoms with E-state index in [9.17, 15) is 4.79 Å². The van der Waals surface area contributed by atoms with Crippen molar-refractivity contribution in [2.75, 3.05) is 26.7 Å². The summed E-state index contributed by atoms with van der Waals surface area (Å²) in [6.45, 7) is 5.09. The topological polar surface area (TPSA) is 48.6 Å². The molecule has 5 nitrogen and oxygen atoms in total. The highest BCUT2D eigenvalue weighted by Crippen LogP contribution is 2.48. The summed E-state index contributed by atoms with van der Waals surface area (Å²) in [6.07, 6.45) is 4.32. The lowest BCUT2D eigenvalue weighted by Crippen LogP contribution is -2.60. The van der Waals surface area contributed by atoms with Crippen LogP contribution in [-0.4, -0.2) is 59.5 Å². The summed E-state index contributed by atoms with van der Waals surface area (Å²) in [7, 11) is 1.74. The number of rotatable bonds is 3. The third-order valence-electron chi connectivity index (χ3n) is 6.85. The lowest BCUT2D eigenvalue weighted by molar-refractivity contribution is -0.00365. The molecule has 4 saturated heterocycles. The molecule has 0 radical (unpaired) electrons. The molecule has 0 spiro atoms. The molecule has 4 fully saturated rings. The van der Waals surface area contributed by atoms with Crippen LogP contribution in [0, 0.1) is 12.8 Å². The van der Waals surface area contributed by atoms with E-state index < -0.39 is 0 Å². The molecule has 0 saturated carbocycles. The largest absolute Gasteiger partial charge is 0.496 e. The maximum Gasteiger partial charge on any atom is 0.270 e. The maximum absolute atomic E-state index is 13.4. The van der Waals surface area contributed by atoms with Crippen molar-refractivity contribution in [3.05, 3.63) is 53.3 Å². The third-order valence-corrected chi connectivity index (χ3v) is 6.85. The van der Waals surface area contributed by atoms with E-state index in [4.69, 9.17) is 4.74 Å². The summed E-state index contributed by atoms with van der Waals surface area (Å²) >= 11 is 0. The summed E-state index contributed by atoms with van der Waals surface area (Å²) in [6, 6.07) is 11.0. The van der Waals surface area contributed by atoms with Crippen molar-refractivity contribution >= 4 is 5.91 Å². The number of carbonyl (C=O) groups excluding carboxylic acids is 1. The number of aromatic nitrogens is 1. The number of hydrogen-bond donors (Lipinski definition) is 1. The molecule has 27 heavy (non-hydrogen) atoms. The normalized spacial score (nSPS) is 31.8. The highest BCUT2D eigenvalue weighted by Gasteiger charge is 2.55. The van der Waals surface area contributed by atoms with E-state index in [0.717, 1.165) is 30.9 Å². The Balaban J connectivity index is 1.55. The van der Waals surface area contributed by atoms with Crippen LogP contribution in [-0.2, 0) is 0 Å². The molecule has 142 valence electrons. The van der Waals surface area contributed by atoms with Crippen LogP contribution in [0.4, 0.5) is 0 Å².